The molecule has 1 heterocycles. The number of aromatic nitrogens is 1. The van der Waals surface area contributed by atoms with Crippen LogP contribution in [0, 0.1) is 11.3 Å². The number of nitrogens with zero attached hydrogens (tertiary/aromatic N) is 1. The molecule has 0 saturated carbocycles. The standard InChI is InChI=1S/C16H20N4O3/c1-9(16(2,18)19)7-12(17)11-4-3-10-5-6-14(21)20(15(22)23)13(10)8-11/h3-6,8-9,17H,7,18-19H2,1-2H3,(H,22,23). The van der Waals surface area contributed by atoms with Crippen LogP contribution >= 0.6 is 0 Å². The molecular weight excluding hydrogens is 296 g/mol. The topological polar surface area (TPSA) is 135 Å². The average molecular weight is 316 g/mol. The van der Waals surface area contributed by atoms with Gasteiger partial charge in [-0.3, -0.25) is 4.79 Å². The molecule has 1 unspecified atom stereocenters. The first kappa shape index (κ1) is 16.9. The van der Waals surface area contributed by atoms with Crippen molar-refractivity contribution in [3.63, 3.8) is 0 Å². The van der Waals surface area contributed by atoms with Crippen LogP contribution in [0.1, 0.15) is 25.8 Å². The van der Waals surface area contributed by atoms with Crippen LogP contribution in [0.15, 0.2) is 35.1 Å². The number of fused-ring (bicyclic) bond motifs is 1. The van der Waals surface area contributed by atoms with Crippen LogP contribution < -0.4 is 17.0 Å². The number of carboxylic acid groups (broad SMARTS) is 1. The Labute approximate surface area is 133 Å². The SMILES string of the molecule is CC(CC(=N)c1ccc2ccc(=O)n(C(=O)O)c2c1)C(C)(N)N. The second-order valence-electron chi connectivity index (χ2n) is 6.01. The predicted octanol–water partition coefficient (Wildman–Crippen LogP) is 1.56. The average Bonchev–Trinajstić information content (AvgIpc) is 2.44. The zero-order valence-corrected chi connectivity index (χ0v) is 13.0. The molecule has 7 heteroatoms. The summed E-state index contributed by atoms with van der Waals surface area (Å²) in [4.78, 5) is 23.1. The number of nitrogens with two attached hydrogens (primary N) is 2. The van der Waals surface area contributed by atoms with Crippen LogP contribution in [0.3, 0.4) is 0 Å². The predicted molar refractivity (Wildman–Crippen MR) is 89.0 cm³/mol. The van der Waals surface area contributed by atoms with Gasteiger partial charge in [0.25, 0.3) is 5.56 Å². The minimum atomic E-state index is -1.35. The lowest BCUT2D eigenvalue weighted by atomic mass is 9.90. The number of benzene rings is 1. The van der Waals surface area contributed by atoms with Crippen molar-refractivity contribution < 1.29 is 9.90 Å². The molecule has 0 radical (unpaired) electrons. The Morgan fingerprint density at radius 1 is 1.35 bits per heavy atom. The highest BCUT2D eigenvalue weighted by atomic mass is 16.4. The molecule has 23 heavy (non-hydrogen) atoms. The normalized spacial score (nSPS) is 13.0. The van der Waals surface area contributed by atoms with Crippen molar-refractivity contribution in [3.8, 4) is 0 Å². The first-order valence-corrected chi connectivity index (χ1v) is 7.16. The van der Waals surface area contributed by atoms with Gasteiger partial charge in [0.1, 0.15) is 0 Å². The van der Waals surface area contributed by atoms with Gasteiger partial charge in [0.15, 0.2) is 0 Å². The van der Waals surface area contributed by atoms with Gasteiger partial charge in [-0.2, -0.15) is 0 Å². The Morgan fingerprint density at radius 3 is 2.52 bits per heavy atom. The maximum Gasteiger partial charge on any atom is 0.419 e. The zero-order valence-electron chi connectivity index (χ0n) is 13.0. The fraction of sp³-hybridized carbons (Fsp3) is 0.312. The summed E-state index contributed by atoms with van der Waals surface area (Å²) in [6.07, 6.45) is -1.01. The first-order chi connectivity index (χ1) is 10.6. The van der Waals surface area contributed by atoms with Gasteiger partial charge in [-0.15, -0.1) is 0 Å². The molecule has 6 N–H and O–H groups in total. The van der Waals surface area contributed by atoms with Gasteiger partial charge in [-0.25, -0.2) is 9.36 Å². The summed E-state index contributed by atoms with van der Waals surface area (Å²) in [6.45, 7) is 3.54. The molecule has 0 bridgehead atoms. The molecule has 7 nitrogen and oxygen atoms in total. The lowest BCUT2D eigenvalue weighted by Gasteiger charge is -2.27. The van der Waals surface area contributed by atoms with Crippen molar-refractivity contribution in [2.45, 2.75) is 25.9 Å². The second-order valence-corrected chi connectivity index (χ2v) is 6.01. The molecule has 0 amide bonds. The number of rotatable bonds is 4. The molecule has 2 rings (SSSR count). The zero-order chi connectivity index (χ0) is 17.4. The van der Waals surface area contributed by atoms with E-state index in [2.05, 4.69) is 0 Å². The molecular formula is C16H20N4O3. The highest BCUT2D eigenvalue weighted by Crippen LogP contribution is 2.19. The van der Waals surface area contributed by atoms with Crippen molar-refractivity contribution in [3.05, 3.63) is 46.2 Å². The van der Waals surface area contributed by atoms with Gasteiger partial charge < -0.3 is 22.0 Å². The van der Waals surface area contributed by atoms with Crippen molar-refractivity contribution in [2.75, 3.05) is 0 Å². The fourth-order valence-corrected chi connectivity index (χ4v) is 2.26. The number of hydrogen-bond acceptors (Lipinski definition) is 5. The summed E-state index contributed by atoms with van der Waals surface area (Å²) in [6, 6.07) is 7.71. The van der Waals surface area contributed by atoms with Crippen molar-refractivity contribution >= 4 is 22.7 Å². The summed E-state index contributed by atoms with van der Waals surface area (Å²) in [5, 5.41) is 18.0. The maximum absolute atomic E-state index is 11.8. The van der Waals surface area contributed by atoms with E-state index < -0.39 is 17.3 Å². The fourth-order valence-electron chi connectivity index (χ4n) is 2.26. The molecule has 0 saturated heterocycles. The summed E-state index contributed by atoms with van der Waals surface area (Å²) in [7, 11) is 0. The van der Waals surface area contributed by atoms with E-state index in [1.54, 1.807) is 25.1 Å². The minimum absolute atomic E-state index is 0.136. The second kappa shape index (κ2) is 5.94. The lowest BCUT2D eigenvalue weighted by molar-refractivity contribution is 0.196. The molecule has 0 aliphatic rings. The molecule has 1 atom stereocenters. The van der Waals surface area contributed by atoms with Gasteiger partial charge >= 0.3 is 6.09 Å². The van der Waals surface area contributed by atoms with E-state index >= 15 is 0 Å². The van der Waals surface area contributed by atoms with Crippen LogP contribution in [0.25, 0.3) is 10.9 Å². The Kier molecular flexibility index (Phi) is 4.35. The quantitative estimate of drug-likeness (QED) is 0.501. The molecule has 0 aliphatic heterocycles. The Hall–Kier alpha value is -2.51. The molecule has 1 aromatic carbocycles. The van der Waals surface area contributed by atoms with Gasteiger partial charge in [0.2, 0.25) is 0 Å². The van der Waals surface area contributed by atoms with Gasteiger partial charge in [-0.05, 0) is 42.3 Å². The largest absolute Gasteiger partial charge is 0.464 e. The van der Waals surface area contributed by atoms with Crippen molar-refractivity contribution in [1.29, 1.82) is 5.41 Å². The van der Waals surface area contributed by atoms with E-state index in [0.29, 0.717) is 21.9 Å². The lowest BCUT2D eigenvalue weighted by Crippen LogP contribution is -2.52. The number of pyridine rings is 1. The Bertz CT molecular complexity index is 833. The van der Waals surface area contributed by atoms with Gasteiger partial charge in [0, 0.05) is 11.8 Å². The van der Waals surface area contributed by atoms with Gasteiger partial charge in [-0.1, -0.05) is 19.1 Å². The smallest absolute Gasteiger partial charge is 0.419 e. The third-order valence-electron chi connectivity index (χ3n) is 4.01. The van der Waals surface area contributed by atoms with E-state index in [4.69, 9.17) is 16.9 Å². The third kappa shape index (κ3) is 3.46. The van der Waals surface area contributed by atoms with Crippen LogP contribution in [0.4, 0.5) is 4.79 Å². The van der Waals surface area contributed by atoms with Crippen LogP contribution in [0.2, 0.25) is 0 Å². The maximum atomic E-state index is 11.8. The van der Waals surface area contributed by atoms with Crippen LogP contribution in [-0.2, 0) is 0 Å². The monoisotopic (exact) mass is 316 g/mol. The molecule has 1 aromatic heterocycles. The molecule has 0 aliphatic carbocycles. The summed E-state index contributed by atoms with van der Waals surface area (Å²) in [5.74, 6) is -0.136. The minimum Gasteiger partial charge on any atom is -0.464 e. The number of hydrogen-bond donors (Lipinski definition) is 4. The Morgan fingerprint density at radius 2 is 1.96 bits per heavy atom. The molecule has 0 fully saturated rings. The number of nitrogens with one attached hydrogen (secondary N) is 1. The summed E-state index contributed by atoms with van der Waals surface area (Å²) >= 11 is 0. The highest BCUT2D eigenvalue weighted by Gasteiger charge is 2.23. The highest BCUT2D eigenvalue weighted by molar-refractivity contribution is 6.02. The van der Waals surface area contributed by atoms with E-state index in [1.807, 2.05) is 6.92 Å². The molecule has 2 aromatic rings. The van der Waals surface area contributed by atoms with Crippen molar-refractivity contribution in [2.24, 2.45) is 17.4 Å². The third-order valence-corrected chi connectivity index (χ3v) is 4.01. The van der Waals surface area contributed by atoms with E-state index in [1.165, 1.54) is 12.1 Å². The van der Waals surface area contributed by atoms with Gasteiger partial charge in [0.05, 0.1) is 11.2 Å². The molecule has 0 spiro atoms. The van der Waals surface area contributed by atoms with E-state index in [0.717, 1.165) is 0 Å². The Balaban J connectivity index is 2.48. The summed E-state index contributed by atoms with van der Waals surface area (Å²) < 4.78 is 0.672. The van der Waals surface area contributed by atoms with E-state index in [-0.39, 0.29) is 17.1 Å². The number of carbonyl (C=O) groups is 1. The van der Waals surface area contributed by atoms with Crippen molar-refractivity contribution in [1.82, 2.24) is 4.57 Å². The first-order valence-electron chi connectivity index (χ1n) is 7.16. The van der Waals surface area contributed by atoms with Crippen LogP contribution in [-0.4, -0.2) is 27.1 Å². The van der Waals surface area contributed by atoms with E-state index in [9.17, 15) is 14.7 Å². The van der Waals surface area contributed by atoms with Crippen LogP contribution in [0.5, 0.6) is 0 Å². The summed E-state index contributed by atoms with van der Waals surface area (Å²) in [5.41, 5.74) is 11.2. The molecule has 122 valence electrons.